The summed E-state index contributed by atoms with van der Waals surface area (Å²) in [7, 11) is 0. The molecule has 0 bridgehead atoms. The lowest BCUT2D eigenvalue weighted by atomic mass is 9.95. The number of aromatic hydroxyl groups is 1. The second-order valence-electron chi connectivity index (χ2n) is 7.74. The molecular weight excluding hydrogens is 443 g/mol. The van der Waals surface area contributed by atoms with E-state index in [-0.39, 0.29) is 16.9 Å². The summed E-state index contributed by atoms with van der Waals surface area (Å²) in [5.74, 6) is -2.58. The summed E-state index contributed by atoms with van der Waals surface area (Å²) in [5, 5.41) is 21.1. The van der Waals surface area contributed by atoms with Gasteiger partial charge in [0.15, 0.2) is 5.13 Å². The molecule has 6 nitrogen and oxygen atoms in total. The number of hydrogen-bond acceptors (Lipinski definition) is 6. The number of thiazole rings is 1. The highest BCUT2D eigenvalue weighted by atomic mass is 32.1. The van der Waals surface area contributed by atoms with Crippen molar-refractivity contribution < 1.29 is 24.2 Å². The molecule has 1 aliphatic heterocycles. The van der Waals surface area contributed by atoms with Crippen molar-refractivity contribution in [2.75, 3.05) is 4.90 Å². The SMILES string of the molecule is Cc1ccc2nc(N3C(=O)C(=O)C(=C(O)c4ccc(F)cc4)C3c3ccc(O)cc3)sc2c1. The van der Waals surface area contributed by atoms with Gasteiger partial charge in [0.25, 0.3) is 5.78 Å². The maximum Gasteiger partial charge on any atom is 0.301 e. The Balaban J connectivity index is 1.73. The molecule has 1 amide bonds. The zero-order valence-corrected chi connectivity index (χ0v) is 18.1. The molecule has 0 saturated carbocycles. The first-order chi connectivity index (χ1) is 15.8. The lowest BCUT2D eigenvalue weighted by molar-refractivity contribution is -0.132. The van der Waals surface area contributed by atoms with Crippen LogP contribution in [0.3, 0.4) is 0 Å². The van der Waals surface area contributed by atoms with E-state index in [1.165, 1.54) is 40.5 Å². The van der Waals surface area contributed by atoms with E-state index < -0.39 is 29.3 Å². The Morgan fingerprint density at radius 2 is 1.73 bits per heavy atom. The van der Waals surface area contributed by atoms with Gasteiger partial charge >= 0.3 is 5.91 Å². The van der Waals surface area contributed by atoms with E-state index in [1.54, 1.807) is 12.1 Å². The fourth-order valence-corrected chi connectivity index (χ4v) is 4.98. The number of anilines is 1. The van der Waals surface area contributed by atoms with Crippen molar-refractivity contribution in [3.8, 4) is 5.75 Å². The summed E-state index contributed by atoms with van der Waals surface area (Å²) in [6.45, 7) is 1.95. The number of aliphatic hydroxyl groups excluding tert-OH is 1. The average molecular weight is 460 g/mol. The molecule has 5 rings (SSSR count). The Bertz CT molecular complexity index is 1440. The highest BCUT2D eigenvalue weighted by Gasteiger charge is 2.48. The topological polar surface area (TPSA) is 90.7 Å². The van der Waals surface area contributed by atoms with Crippen LogP contribution in [0.4, 0.5) is 9.52 Å². The number of ketones is 1. The number of amides is 1. The predicted molar refractivity (Wildman–Crippen MR) is 124 cm³/mol. The smallest absolute Gasteiger partial charge is 0.301 e. The van der Waals surface area contributed by atoms with Gasteiger partial charge in [0.1, 0.15) is 17.3 Å². The van der Waals surface area contributed by atoms with E-state index in [0.717, 1.165) is 22.4 Å². The van der Waals surface area contributed by atoms with Gasteiger partial charge in [-0.05, 0) is 66.6 Å². The number of aromatic nitrogens is 1. The number of hydrogen-bond donors (Lipinski definition) is 2. The maximum absolute atomic E-state index is 13.4. The van der Waals surface area contributed by atoms with E-state index in [2.05, 4.69) is 4.98 Å². The highest BCUT2D eigenvalue weighted by Crippen LogP contribution is 2.44. The number of phenols is 1. The molecule has 2 N–H and O–H groups in total. The number of carbonyl (C=O) groups is 2. The molecular formula is C25H17FN2O4S. The summed E-state index contributed by atoms with van der Waals surface area (Å²) < 4.78 is 14.3. The van der Waals surface area contributed by atoms with Gasteiger partial charge < -0.3 is 10.2 Å². The summed E-state index contributed by atoms with van der Waals surface area (Å²) >= 11 is 1.27. The first kappa shape index (κ1) is 20.8. The van der Waals surface area contributed by atoms with Crippen LogP contribution in [0.5, 0.6) is 5.75 Å². The second kappa shape index (κ2) is 7.83. The van der Waals surface area contributed by atoms with Crippen LogP contribution < -0.4 is 4.90 Å². The average Bonchev–Trinajstić information content (AvgIpc) is 3.32. The van der Waals surface area contributed by atoms with E-state index in [0.29, 0.717) is 16.2 Å². The van der Waals surface area contributed by atoms with Crippen LogP contribution in [0, 0.1) is 12.7 Å². The van der Waals surface area contributed by atoms with E-state index in [1.807, 2.05) is 25.1 Å². The number of fused-ring (bicyclic) bond motifs is 1. The number of Topliss-reactive ketones (excluding diaryl/α,β-unsaturated/α-hetero) is 1. The number of benzene rings is 3. The lowest BCUT2D eigenvalue weighted by Crippen LogP contribution is -2.29. The van der Waals surface area contributed by atoms with Gasteiger partial charge in [0.2, 0.25) is 0 Å². The lowest BCUT2D eigenvalue weighted by Gasteiger charge is -2.23. The van der Waals surface area contributed by atoms with Crippen molar-refractivity contribution in [1.82, 2.24) is 4.98 Å². The van der Waals surface area contributed by atoms with E-state index in [4.69, 9.17) is 0 Å². The van der Waals surface area contributed by atoms with Crippen LogP contribution >= 0.6 is 11.3 Å². The Morgan fingerprint density at radius 3 is 2.42 bits per heavy atom. The zero-order chi connectivity index (χ0) is 23.3. The summed E-state index contributed by atoms with van der Waals surface area (Å²) in [5.41, 5.74) is 2.30. The summed E-state index contributed by atoms with van der Waals surface area (Å²) in [6.07, 6.45) is 0. The fourth-order valence-electron chi connectivity index (χ4n) is 3.89. The Hall–Kier alpha value is -4.04. The van der Waals surface area contributed by atoms with Crippen LogP contribution in [0.1, 0.15) is 22.7 Å². The van der Waals surface area contributed by atoms with Crippen molar-refractivity contribution >= 4 is 44.1 Å². The van der Waals surface area contributed by atoms with E-state index in [9.17, 15) is 24.2 Å². The van der Waals surface area contributed by atoms with Crippen LogP contribution in [-0.4, -0.2) is 26.9 Å². The predicted octanol–water partition coefficient (Wildman–Crippen LogP) is 5.08. The summed E-state index contributed by atoms with van der Waals surface area (Å²) in [4.78, 5) is 32.2. The molecule has 1 fully saturated rings. The van der Waals surface area contributed by atoms with Crippen LogP contribution in [0.2, 0.25) is 0 Å². The normalized spacial score (nSPS) is 17.8. The van der Waals surface area contributed by atoms with Gasteiger partial charge in [-0.25, -0.2) is 9.37 Å². The van der Waals surface area contributed by atoms with Gasteiger partial charge in [0.05, 0.1) is 21.8 Å². The molecule has 1 saturated heterocycles. The van der Waals surface area contributed by atoms with Gasteiger partial charge in [0, 0.05) is 5.56 Å². The number of rotatable bonds is 3. The minimum Gasteiger partial charge on any atom is -0.508 e. The highest BCUT2D eigenvalue weighted by molar-refractivity contribution is 7.22. The standard InChI is InChI=1S/C25H17FN2O4S/c1-13-2-11-18-19(12-13)33-25(27-18)28-21(14-5-9-17(29)10-6-14)20(23(31)24(28)32)22(30)15-3-7-16(26)8-4-15/h2-12,21,29-30H,1H3. The van der Waals surface area contributed by atoms with Gasteiger partial charge in [-0.3, -0.25) is 14.5 Å². The minimum absolute atomic E-state index is 0.0182. The molecule has 1 unspecified atom stereocenters. The molecule has 3 aromatic carbocycles. The molecule has 2 heterocycles. The quantitative estimate of drug-likeness (QED) is 0.253. The Kier molecular flexibility index (Phi) is 4.94. The Morgan fingerprint density at radius 1 is 1.03 bits per heavy atom. The number of aliphatic hydroxyl groups is 1. The van der Waals surface area contributed by atoms with Crippen molar-refractivity contribution in [1.29, 1.82) is 0 Å². The number of nitrogens with zero attached hydrogens (tertiary/aromatic N) is 2. The molecule has 33 heavy (non-hydrogen) atoms. The maximum atomic E-state index is 13.4. The fraction of sp³-hybridized carbons (Fsp3) is 0.0800. The van der Waals surface area contributed by atoms with Crippen LogP contribution in [0.15, 0.2) is 72.3 Å². The molecule has 164 valence electrons. The third-order valence-corrected chi connectivity index (χ3v) is 6.53. The minimum atomic E-state index is -0.975. The molecule has 4 aromatic rings. The summed E-state index contributed by atoms with van der Waals surface area (Å²) in [6, 6.07) is 15.8. The zero-order valence-electron chi connectivity index (χ0n) is 17.3. The molecule has 0 aliphatic carbocycles. The number of phenolic OH excluding ortho intramolecular Hbond substituents is 1. The third kappa shape index (κ3) is 3.54. The van der Waals surface area contributed by atoms with Gasteiger partial charge in [-0.1, -0.05) is 29.5 Å². The van der Waals surface area contributed by atoms with Gasteiger partial charge in [-0.15, -0.1) is 0 Å². The third-order valence-electron chi connectivity index (χ3n) is 5.51. The molecule has 1 aromatic heterocycles. The first-order valence-corrected chi connectivity index (χ1v) is 10.9. The van der Waals surface area contributed by atoms with Crippen molar-refractivity contribution in [3.05, 3.63) is 94.8 Å². The van der Waals surface area contributed by atoms with Crippen molar-refractivity contribution in [2.45, 2.75) is 13.0 Å². The molecule has 1 aliphatic rings. The second-order valence-corrected chi connectivity index (χ2v) is 8.74. The Labute approximate surface area is 191 Å². The van der Waals surface area contributed by atoms with Crippen LogP contribution in [-0.2, 0) is 9.59 Å². The van der Waals surface area contributed by atoms with E-state index >= 15 is 0 Å². The molecule has 8 heteroatoms. The number of aryl methyl sites for hydroxylation is 1. The number of carbonyl (C=O) groups excluding carboxylic acids is 2. The molecule has 1 atom stereocenters. The molecule has 0 radical (unpaired) electrons. The molecule has 0 spiro atoms. The van der Waals surface area contributed by atoms with Crippen LogP contribution in [0.25, 0.3) is 16.0 Å². The van der Waals surface area contributed by atoms with Crippen molar-refractivity contribution in [3.63, 3.8) is 0 Å². The monoisotopic (exact) mass is 460 g/mol. The number of halogens is 1. The van der Waals surface area contributed by atoms with Gasteiger partial charge in [-0.2, -0.15) is 0 Å². The first-order valence-electron chi connectivity index (χ1n) is 10.1. The largest absolute Gasteiger partial charge is 0.508 e. The van der Waals surface area contributed by atoms with Crippen molar-refractivity contribution in [2.24, 2.45) is 0 Å².